The Morgan fingerprint density at radius 2 is 2.17 bits per heavy atom. The van der Waals surface area contributed by atoms with Crippen molar-refractivity contribution in [2.45, 2.75) is 18.7 Å². The highest BCUT2D eigenvalue weighted by molar-refractivity contribution is 7.98. The van der Waals surface area contributed by atoms with Crippen molar-refractivity contribution in [1.29, 1.82) is 0 Å². The normalized spacial score (nSPS) is 11.5. The fraction of sp³-hybridized carbons (Fsp3) is 0.417. The number of nitrogens with two attached hydrogens (primary N) is 1. The van der Waals surface area contributed by atoms with Gasteiger partial charge in [-0.05, 0) is 18.6 Å². The van der Waals surface area contributed by atoms with Gasteiger partial charge < -0.3 is 10.5 Å². The second-order valence-electron chi connectivity index (χ2n) is 3.47. The lowest BCUT2D eigenvalue weighted by atomic mass is 10.2. The number of ether oxygens (including phenoxy) is 1. The minimum Gasteiger partial charge on any atom is -0.465 e. The second-order valence-corrected chi connectivity index (χ2v) is 4.90. The van der Waals surface area contributed by atoms with Gasteiger partial charge in [0.2, 0.25) is 0 Å². The van der Waals surface area contributed by atoms with Crippen LogP contribution in [0, 0.1) is 0 Å². The summed E-state index contributed by atoms with van der Waals surface area (Å²) >= 11 is 7.59. The fourth-order valence-corrected chi connectivity index (χ4v) is 2.49. The quantitative estimate of drug-likeness (QED) is 0.821. The number of halogens is 2. The minimum absolute atomic E-state index is 0. The SMILES string of the molecule is CCOC(=O)[C@@H](N)CSCc1ccccc1Cl.Cl. The molecule has 0 aliphatic rings. The third kappa shape index (κ3) is 5.96. The van der Waals surface area contributed by atoms with Crippen LogP contribution in [0.1, 0.15) is 12.5 Å². The Morgan fingerprint density at radius 3 is 2.78 bits per heavy atom. The molecule has 102 valence electrons. The average molecular weight is 310 g/mol. The molecule has 0 aromatic heterocycles. The van der Waals surface area contributed by atoms with Gasteiger partial charge >= 0.3 is 5.97 Å². The molecular weight excluding hydrogens is 293 g/mol. The zero-order valence-electron chi connectivity index (χ0n) is 10.1. The summed E-state index contributed by atoms with van der Waals surface area (Å²) in [7, 11) is 0. The first-order valence-corrected chi connectivity index (χ1v) is 6.91. The van der Waals surface area contributed by atoms with Crippen molar-refractivity contribution in [1.82, 2.24) is 0 Å². The Morgan fingerprint density at radius 1 is 1.50 bits per heavy atom. The number of benzene rings is 1. The van der Waals surface area contributed by atoms with Crippen molar-refractivity contribution in [2.24, 2.45) is 5.73 Å². The number of rotatable bonds is 6. The molecule has 0 spiro atoms. The number of carbonyl (C=O) groups excluding carboxylic acids is 1. The van der Waals surface area contributed by atoms with Crippen LogP contribution in [0.2, 0.25) is 5.02 Å². The van der Waals surface area contributed by atoms with E-state index in [0.717, 1.165) is 16.3 Å². The van der Waals surface area contributed by atoms with Gasteiger partial charge in [0.1, 0.15) is 6.04 Å². The van der Waals surface area contributed by atoms with E-state index in [1.165, 1.54) is 0 Å². The third-order valence-electron chi connectivity index (χ3n) is 2.10. The third-order valence-corrected chi connectivity index (χ3v) is 3.58. The van der Waals surface area contributed by atoms with E-state index in [1.807, 2.05) is 24.3 Å². The predicted molar refractivity (Wildman–Crippen MR) is 79.5 cm³/mol. The first-order chi connectivity index (χ1) is 8.15. The highest BCUT2D eigenvalue weighted by atomic mass is 35.5. The molecule has 0 bridgehead atoms. The summed E-state index contributed by atoms with van der Waals surface area (Å²) < 4.78 is 4.83. The van der Waals surface area contributed by atoms with Crippen LogP contribution in [-0.2, 0) is 15.3 Å². The number of carbonyl (C=O) groups is 1. The Kier molecular flexibility index (Phi) is 9.28. The summed E-state index contributed by atoms with van der Waals surface area (Å²) in [5.41, 5.74) is 6.73. The lowest BCUT2D eigenvalue weighted by Gasteiger charge is -2.10. The largest absolute Gasteiger partial charge is 0.465 e. The molecule has 0 aliphatic heterocycles. The maximum atomic E-state index is 11.3. The Hall–Kier alpha value is -0.420. The Bertz CT molecular complexity index is 377. The molecule has 0 radical (unpaired) electrons. The number of esters is 1. The van der Waals surface area contributed by atoms with E-state index in [2.05, 4.69) is 0 Å². The second kappa shape index (κ2) is 9.50. The van der Waals surface area contributed by atoms with Gasteiger partial charge in [0.25, 0.3) is 0 Å². The van der Waals surface area contributed by atoms with Crippen molar-refractivity contribution in [2.75, 3.05) is 12.4 Å². The van der Waals surface area contributed by atoms with Crippen LogP contribution in [0.15, 0.2) is 24.3 Å². The molecular formula is C12H17Cl2NO2S. The maximum absolute atomic E-state index is 11.3. The summed E-state index contributed by atoms with van der Waals surface area (Å²) in [6, 6.07) is 7.07. The molecule has 1 atom stereocenters. The molecule has 0 unspecified atom stereocenters. The standard InChI is InChI=1S/C12H16ClNO2S.ClH/c1-2-16-12(15)11(14)8-17-7-9-5-3-4-6-10(9)13;/h3-6,11H,2,7-8,14H2,1H3;1H/t11-;/m0./s1. The van der Waals surface area contributed by atoms with E-state index in [9.17, 15) is 4.79 Å². The van der Waals surface area contributed by atoms with E-state index >= 15 is 0 Å². The van der Waals surface area contributed by atoms with Gasteiger partial charge in [-0.15, -0.1) is 12.4 Å². The van der Waals surface area contributed by atoms with Crippen LogP contribution >= 0.6 is 35.8 Å². The van der Waals surface area contributed by atoms with E-state index in [1.54, 1.807) is 18.7 Å². The van der Waals surface area contributed by atoms with Gasteiger partial charge in [0.15, 0.2) is 0 Å². The lowest BCUT2D eigenvalue weighted by molar-refractivity contribution is -0.144. The van der Waals surface area contributed by atoms with Crippen molar-refractivity contribution in [3.05, 3.63) is 34.9 Å². The van der Waals surface area contributed by atoms with Crippen LogP contribution in [0.25, 0.3) is 0 Å². The average Bonchev–Trinajstić information content (AvgIpc) is 2.31. The van der Waals surface area contributed by atoms with Crippen molar-refractivity contribution >= 4 is 41.7 Å². The van der Waals surface area contributed by atoms with E-state index in [0.29, 0.717) is 12.4 Å². The highest BCUT2D eigenvalue weighted by Crippen LogP contribution is 2.20. The first kappa shape index (κ1) is 17.6. The molecule has 0 saturated heterocycles. The number of thioether (sulfide) groups is 1. The summed E-state index contributed by atoms with van der Waals surface area (Å²) in [5, 5.41) is 0.740. The van der Waals surface area contributed by atoms with Gasteiger partial charge in [0, 0.05) is 16.5 Å². The van der Waals surface area contributed by atoms with E-state index in [-0.39, 0.29) is 18.4 Å². The van der Waals surface area contributed by atoms with Crippen LogP contribution in [0.3, 0.4) is 0 Å². The Labute approximate surface area is 123 Å². The summed E-state index contributed by atoms with van der Waals surface area (Å²) in [6.07, 6.45) is 0. The molecule has 0 saturated carbocycles. The molecule has 1 rings (SSSR count). The van der Waals surface area contributed by atoms with Crippen LogP contribution in [-0.4, -0.2) is 24.4 Å². The molecule has 3 nitrogen and oxygen atoms in total. The van der Waals surface area contributed by atoms with Gasteiger partial charge in [-0.1, -0.05) is 29.8 Å². The molecule has 6 heteroatoms. The van der Waals surface area contributed by atoms with Gasteiger partial charge in [-0.2, -0.15) is 11.8 Å². The lowest BCUT2D eigenvalue weighted by Crippen LogP contribution is -2.34. The number of hydrogen-bond acceptors (Lipinski definition) is 4. The topological polar surface area (TPSA) is 52.3 Å². The summed E-state index contributed by atoms with van der Waals surface area (Å²) in [4.78, 5) is 11.3. The predicted octanol–water partition coefficient (Wildman–Crippen LogP) is 2.89. The molecule has 1 aromatic carbocycles. The fourth-order valence-electron chi connectivity index (χ4n) is 1.23. The van der Waals surface area contributed by atoms with Gasteiger partial charge in [-0.25, -0.2) is 0 Å². The monoisotopic (exact) mass is 309 g/mol. The van der Waals surface area contributed by atoms with Crippen LogP contribution in [0.5, 0.6) is 0 Å². The molecule has 0 fully saturated rings. The van der Waals surface area contributed by atoms with E-state index in [4.69, 9.17) is 22.1 Å². The van der Waals surface area contributed by atoms with Gasteiger partial charge in [0.05, 0.1) is 6.61 Å². The smallest absolute Gasteiger partial charge is 0.323 e. The van der Waals surface area contributed by atoms with Crippen LogP contribution < -0.4 is 5.73 Å². The van der Waals surface area contributed by atoms with Crippen molar-refractivity contribution in [3.63, 3.8) is 0 Å². The minimum atomic E-state index is -0.567. The zero-order chi connectivity index (χ0) is 12.7. The van der Waals surface area contributed by atoms with Crippen molar-refractivity contribution < 1.29 is 9.53 Å². The molecule has 0 amide bonds. The van der Waals surface area contributed by atoms with E-state index < -0.39 is 6.04 Å². The zero-order valence-corrected chi connectivity index (χ0v) is 12.5. The summed E-state index contributed by atoms with van der Waals surface area (Å²) in [6.45, 7) is 2.13. The van der Waals surface area contributed by atoms with Crippen LogP contribution in [0.4, 0.5) is 0 Å². The molecule has 0 aliphatic carbocycles. The highest BCUT2D eigenvalue weighted by Gasteiger charge is 2.14. The molecule has 18 heavy (non-hydrogen) atoms. The van der Waals surface area contributed by atoms with Crippen molar-refractivity contribution in [3.8, 4) is 0 Å². The molecule has 1 aromatic rings. The Balaban J connectivity index is 0.00000289. The first-order valence-electron chi connectivity index (χ1n) is 5.38. The number of hydrogen-bond donors (Lipinski definition) is 1. The van der Waals surface area contributed by atoms with Gasteiger partial charge in [-0.3, -0.25) is 4.79 Å². The molecule has 0 heterocycles. The summed E-state index contributed by atoms with van der Waals surface area (Å²) in [5.74, 6) is 0.927. The molecule has 2 N–H and O–H groups in total. The maximum Gasteiger partial charge on any atom is 0.323 e.